The minimum atomic E-state index is -8.11. The zero-order valence-corrected chi connectivity index (χ0v) is 21.0. The highest BCUT2D eigenvalue weighted by Gasteiger charge is 2.91. The number of hydrogen-bond acceptors (Lipinski definition) is 1. The molecule has 0 rings (SSSR count). The standard InChI is InChI=1S/C16H20F18OSi2/c1-36(2,3)35-37(4,15(31,32)13(27,28)9(17,18)5-7-11(21,22)23)16(33,34)14(29,30)10(19,20)6-8-12(24,25)26/h5-8H2,1-4H3. The van der Waals surface area contributed by atoms with Crippen LogP contribution in [-0.2, 0) is 4.12 Å². The minimum absolute atomic E-state index is 0.588. The number of hydrogen-bond donors (Lipinski definition) is 0. The van der Waals surface area contributed by atoms with Crippen LogP contribution in [0.5, 0.6) is 0 Å². The van der Waals surface area contributed by atoms with Crippen molar-refractivity contribution in [3.63, 3.8) is 0 Å². The quantitative estimate of drug-likeness (QED) is 0.155. The smallest absolute Gasteiger partial charge is 0.389 e. The van der Waals surface area contributed by atoms with Gasteiger partial charge in [-0.1, -0.05) is 0 Å². The molecule has 0 aromatic rings. The fourth-order valence-electron chi connectivity index (χ4n) is 2.91. The van der Waals surface area contributed by atoms with E-state index in [1.807, 2.05) is 0 Å². The summed E-state index contributed by atoms with van der Waals surface area (Å²) in [7, 11) is -12.4. The van der Waals surface area contributed by atoms with Crippen LogP contribution in [0.1, 0.15) is 25.7 Å². The van der Waals surface area contributed by atoms with Gasteiger partial charge in [0.15, 0.2) is 8.32 Å². The summed E-state index contributed by atoms with van der Waals surface area (Å²) in [5.41, 5.74) is -14.4. The predicted octanol–water partition coefficient (Wildman–Crippen LogP) is 8.99. The highest BCUT2D eigenvalue weighted by atomic mass is 28.4. The summed E-state index contributed by atoms with van der Waals surface area (Å²) < 4.78 is 250. The first kappa shape index (κ1) is 36.1. The third-order valence-corrected chi connectivity index (χ3v) is 12.0. The van der Waals surface area contributed by atoms with Crippen LogP contribution < -0.4 is 0 Å². The molecule has 0 amide bonds. The zero-order chi connectivity index (χ0) is 30.5. The molecule has 0 aliphatic heterocycles. The van der Waals surface area contributed by atoms with Gasteiger partial charge in [-0.2, -0.15) is 61.5 Å². The number of halogens is 18. The van der Waals surface area contributed by atoms with Crippen LogP contribution in [0.2, 0.25) is 26.2 Å². The molecular formula is C16H20F18OSi2. The van der Waals surface area contributed by atoms with Crippen molar-refractivity contribution in [3.8, 4) is 0 Å². The summed E-state index contributed by atoms with van der Waals surface area (Å²) in [4.78, 5) is 0. The van der Waals surface area contributed by atoms with Crippen molar-refractivity contribution < 1.29 is 83.1 Å². The van der Waals surface area contributed by atoms with Crippen LogP contribution in [0.3, 0.4) is 0 Å². The van der Waals surface area contributed by atoms with Gasteiger partial charge in [0.25, 0.3) is 0 Å². The predicted molar refractivity (Wildman–Crippen MR) is 96.3 cm³/mol. The second-order valence-electron chi connectivity index (χ2n) is 9.18. The van der Waals surface area contributed by atoms with Gasteiger partial charge in [0.05, 0.1) is 0 Å². The second-order valence-corrected chi connectivity index (χ2v) is 17.5. The third kappa shape index (κ3) is 7.21. The fourth-order valence-corrected chi connectivity index (χ4v) is 10.8. The first-order chi connectivity index (χ1) is 15.6. The molecule has 1 nitrogen and oxygen atoms in total. The van der Waals surface area contributed by atoms with Gasteiger partial charge in [-0.25, -0.2) is 17.6 Å². The Balaban J connectivity index is 7.05. The van der Waals surface area contributed by atoms with Crippen molar-refractivity contribution in [2.24, 2.45) is 0 Å². The maximum absolute atomic E-state index is 14.9. The van der Waals surface area contributed by atoms with Gasteiger partial charge in [-0.05, 0) is 26.2 Å². The van der Waals surface area contributed by atoms with Crippen LogP contribution in [-0.4, -0.2) is 63.8 Å². The molecule has 21 heteroatoms. The molecule has 0 heterocycles. The van der Waals surface area contributed by atoms with Gasteiger partial charge in [0.1, 0.15) is 0 Å². The van der Waals surface area contributed by atoms with E-state index in [4.69, 9.17) is 0 Å². The van der Waals surface area contributed by atoms with Crippen molar-refractivity contribution in [1.29, 1.82) is 0 Å². The van der Waals surface area contributed by atoms with E-state index < -0.39 is 96.0 Å². The van der Waals surface area contributed by atoms with E-state index in [0.29, 0.717) is 19.6 Å². The summed E-state index contributed by atoms with van der Waals surface area (Å²) >= 11 is 0. The van der Waals surface area contributed by atoms with E-state index in [0.717, 1.165) is 0 Å². The molecule has 224 valence electrons. The van der Waals surface area contributed by atoms with Crippen LogP contribution in [0.4, 0.5) is 79.0 Å². The van der Waals surface area contributed by atoms with Crippen molar-refractivity contribution in [2.75, 3.05) is 0 Å². The molecule has 0 N–H and O–H groups in total. The Kier molecular flexibility index (Phi) is 9.72. The molecule has 0 aliphatic carbocycles. The Labute approximate surface area is 199 Å². The van der Waals surface area contributed by atoms with Crippen molar-refractivity contribution in [1.82, 2.24) is 0 Å². The molecule has 0 saturated carbocycles. The van der Waals surface area contributed by atoms with E-state index in [2.05, 4.69) is 4.12 Å². The van der Waals surface area contributed by atoms with Gasteiger partial charge < -0.3 is 4.12 Å². The van der Waals surface area contributed by atoms with E-state index in [-0.39, 0.29) is 0 Å². The normalized spacial score (nSPS) is 16.4. The van der Waals surface area contributed by atoms with E-state index >= 15 is 0 Å². The Bertz CT molecular complexity index is 726. The van der Waals surface area contributed by atoms with E-state index in [9.17, 15) is 79.0 Å². The van der Waals surface area contributed by atoms with Gasteiger partial charge in [0, 0.05) is 25.7 Å². The van der Waals surface area contributed by atoms with Crippen molar-refractivity contribution >= 4 is 16.6 Å². The summed E-state index contributed by atoms with van der Waals surface area (Å²) in [5, 5.41) is 0. The molecule has 0 atom stereocenters. The highest BCUT2D eigenvalue weighted by Crippen LogP contribution is 2.61. The molecule has 0 aromatic carbocycles. The van der Waals surface area contributed by atoms with Gasteiger partial charge in [-0.15, -0.1) is 0 Å². The lowest BCUT2D eigenvalue weighted by atomic mass is 10.1. The first-order valence-corrected chi connectivity index (χ1v) is 15.5. The fraction of sp³-hybridized carbons (Fsp3) is 1.00. The number of rotatable bonds is 12. The Morgan fingerprint density at radius 1 is 0.432 bits per heavy atom. The van der Waals surface area contributed by atoms with Crippen LogP contribution >= 0.6 is 0 Å². The van der Waals surface area contributed by atoms with E-state index in [1.54, 1.807) is 0 Å². The molecule has 0 spiro atoms. The molecule has 0 aliphatic rings. The van der Waals surface area contributed by atoms with E-state index in [1.165, 1.54) is 0 Å². The second kappa shape index (κ2) is 9.95. The lowest BCUT2D eigenvalue weighted by Crippen LogP contribution is -2.81. The minimum Gasteiger partial charge on any atom is -0.448 e. The van der Waals surface area contributed by atoms with Gasteiger partial charge in [0.2, 0.25) is 0 Å². The van der Waals surface area contributed by atoms with Crippen molar-refractivity contribution in [3.05, 3.63) is 0 Å². The average molecular weight is 626 g/mol. The first-order valence-electron chi connectivity index (χ1n) is 9.72. The van der Waals surface area contributed by atoms with Crippen molar-refractivity contribution in [2.45, 2.75) is 99.0 Å². The number of alkyl halides is 18. The molecule has 0 aromatic heterocycles. The maximum atomic E-state index is 14.9. The third-order valence-electron chi connectivity index (χ3n) is 4.86. The average Bonchev–Trinajstić information content (AvgIpc) is 2.61. The summed E-state index contributed by atoms with van der Waals surface area (Å²) in [6.45, 7) is 0.825. The molecule has 0 bridgehead atoms. The molecule has 0 saturated heterocycles. The Morgan fingerprint density at radius 2 is 0.676 bits per heavy atom. The van der Waals surface area contributed by atoms with Gasteiger partial charge >= 0.3 is 55.5 Å². The zero-order valence-electron chi connectivity index (χ0n) is 19.0. The van der Waals surface area contributed by atoms with Gasteiger partial charge in [-0.3, -0.25) is 0 Å². The lowest BCUT2D eigenvalue weighted by Gasteiger charge is -2.49. The molecule has 0 fully saturated rings. The van der Waals surface area contributed by atoms with Crippen LogP contribution in [0.15, 0.2) is 0 Å². The monoisotopic (exact) mass is 626 g/mol. The molecular weight excluding hydrogens is 606 g/mol. The maximum Gasteiger partial charge on any atom is 0.389 e. The topological polar surface area (TPSA) is 9.23 Å². The highest BCUT2D eigenvalue weighted by molar-refractivity contribution is 6.87. The molecule has 0 radical (unpaired) electrons. The SMILES string of the molecule is C[Si](C)(C)O[Si](C)(C(F)(F)C(F)(F)C(F)(F)CCC(F)(F)F)C(F)(F)C(F)(F)C(F)(F)CCC(F)(F)F. The Hall–Kier alpha value is -0.866. The van der Waals surface area contributed by atoms with Crippen LogP contribution in [0, 0.1) is 0 Å². The largest absolute Gasteiger partial charge is 0.448 e. The summed E-state index contributed by atoms with van der Waals surface area (Å²) in [5.74, 6) is -27.6. The van der Waals surface area contributed by atoms with Crippen LogP contribution in [0.25, 0.3) is 0 Å². The Morgan fingerprint density at radius 3 is 0.865 bits per heavy atom. The lowest BCUT2D eigenvalue weighted by molar-refractivity contribution is -0.315. The summed E-state index contributed by atoms with van der Waals surface area (Å²) in [6, 6.07) is 0. The molecule has 0 unspecified atom stereocenters. The summed E-state index contributed by atoms with van der Waals surface area (Å²) in [6.07, 6.45) is -23.4. The molecule has 37 heavy (non-hydrogen) atoms.